The first-order valence-electron chi connectivity index (χ1n) is 10.2. The summed E-state index contributed by atoms with van der Waals surface area (Å²) in [7, 11) is 3.29. The minimum Gasteiger partial charge on any atom is -0.493 e. The molecule has 0 saturated carbocycles. The summed E-state index contributed by atoms with van der Waals surface area (Å²) < 4.78 is 18.8. The van der Waals surface area contributed by atoms with E-state index in [9.17, 15) is 0 Å². The van der Waals surface area contributed by atoms with Gasteiger partial charge in [-0.3, -0.25) is 0 Å². The Hall–Kier alpha value is -2.99. The van der Waals surface area contributed by atoms with Gasteiger partial charge in [-0.1, -0.05) is 51.8 Å². The molecule has 0 amide bonds. The molecule has 0 saturated heterocycles. The molecule has 31 heavy (non-hydrogen) atoms. The van der Waals surface area contributed by atoms with Gasteiger partial charge in [-0.25, -0.2) is 5.01 Å². The number of hydrogen-bond acceptors (Lipinski definition) is 5. The number of para-hydroxylation sites is 1. The van der Waals surface area contributed by atoms with Crippen molar-refractivity contribution in [3.05, 3.63) is 87.4 Å². The van der Waals surface area contributed by atoms with E-state index in [0.29, 0.717) is 11.5 Å². The third-order valence-corrected chi connectivity index (χ3v) is 6.33. The van der Waals surface area contributed by atoms with E-state index in [0.717, 1.165) is 39.0 Å². The van der Waals surface area contributed by atoms with E-state index in [1.807, 2.05) is 30.3 Å². The number of hydrogen-bond donors (Lipinski definition) is 0. The van der Waals surface area contributed by atoms with Crippen LogP contribution in [-0.4, -0.2) is 24.9 Å². The zero-order valence-electron chi connectivity index (χ0n) is 17.6. The molecule has 2 unspecified atom stereocenters. The van der Waals surface area contributed by atoms with Crippen LogP contribution in [0, 0.1) is 6.92 Å². The van der Waals surface area contributed by atoms with Crippen LogP contribution in [0.15, 0.2) is 70.2 Å². The van der Waals surface area contributed by atoms with E-state index in [1.165, 1.54) is 5.56 Å². The van der Waals surface area contributed by atoms with Crippen LogP contribution in [0.25, 0.3) is 0 Å². The summed E-state index contributed by atoms with van der Waals surface area (Å²) in [6.45, 7) is 2.09. The Morgan fingerprint density at radius 3 is 2.55 bits per heavy atom. The summed E-state index contributed by atoms with van der Waals surface area (Å²) in [6.07, 6.45) is 0.380. The van der Waals surface area contributed by atoms with Crippen molar-refractivity contribution in [2.75, 3.05) is 14.2 Å². The van der Waals surface area contributed by atoms with Crippen LogP contribution in [0.4, 0.5) is 0 Å². The molecule has 0 spiro atoms. The predicted octanol–water partition coefficient (Wildman–Crippen LogP) is 6.02. The first kappa shape index (κ1) is 19.9. The van der Waals surface area contributed by atoms with Crippen molar-refractivity contribution in [1.29, 1.82) is 0 Å². The molecule has 0 aliphatic carbocycles. The number of benzene rings is 3. The fourth-order valence-corrected chi connectivity index (χ4v) is 4.67. The Balaban J connectivity index is 1.64. The van der Waals surface area contributed by atoms with Crippen molar-refractivity contribution in [2.24, 2.45) is 5.10 Å². The van der Waals surface area contributed by atoms with E-state index in [4.69, 9.17) is 19.3 Å². The summed E-state index contributed by atoms with van der Waals surface area (Å²) in [5.41, 5.74) is 5.42. The molecule has 0 bridgehead atoms. The fourth-order valence-electron chi connectivity index (χ4n) is 4.29. The van der Waals surface area contributed by atoms with Crippen LogP contribution >= 0.6 is 15.9 Å². The van der Waals surface area contributed by atoms with Gasteiger partial charge < -0.3 is 14.2 Å². The van der Waals surface area contributed by atoms with Crippen molar-refractivity contribution >= 4 is 21.6 Å². The largest absolute Gasteiger partial charge is 0.493 e. The Morgan fingerprint density at radius 2 is 1.81 bits per heavy atom. The van der Waals surface area contributed by atoms with Crippen molar-refractivity contribution in [3.8, 4) is 17.2 Å². The maximum absolute atomic E-state index is 6.49. The van der Waals surface area contributed by atoms with Crippen LogP contribution in [0.5, 0.6) is 17.2 Å². The average Bonchev–Trinajstić information content (AvgIpc) is 3.24. The van der Waals surface area contributed by atoms with Gasteiger partial charge in [0.25, 0.3) is 0 Å². The maximum atomic E-state index is 6.49. The molecule has 0 N–H and O–H groups in total. The number of fused-ring (bicyclic) bond motifs is 3. The zero-order valence-corrected chi connectivity index (χ0v) is 19.2. The van der Waals surface area contributed by atoms with E-state index in [2.05, 4.69) is 58.2 Å². The molecule has 0 aromatic heterocycles. The normalized spacial score (nSPS) is 19.2. The highest BCUT2D eigenvalue weighted by molar-refractivity contribution is 9.10. The number of rotatable bonds is 4. The molecule has 0 radical (unpaired) electrons. The molecule has 5 rings (SSSR count). The van der Waals surface area contributed by atoms with Gasteiger partial charge in [0, 0.05) is 16.5 Å². The lowest BCUT2D eigenvalue weighted by Crippen LogP contribution is -2.34. The highest BCUT2D eigenvalue weighted by Gasteiger charge is 2.42. The lowest BCUT2D eigenvalue weighted by Gasteiger charge is -2.38. The molecule has 158 valence electrons. The monoisotopic (exact) mass is 478 g/mol. The molecule has 2 aliphatic heterocycles. The molecule has 6 heteroatoms. The first-order chi connectivity index (χ1) is 15.1. The molecular weight excluding hydrogens is 456 g/mol. The van der Waals surface area contributed by atoms with Gasteiger partial charge in [-0.15, -0.1) is 0 Å². The molecule has 2 atom stereocenters. The lowest BCUT2D eigenvalue weighted by atomic mass is 9.95. The van der Waals surface area contributed by atoms with Crippen LogP contribution in [0.3, 0.4) is 0 Å². The van der Waals surface area contributed by atoms with Gasteiger partial charge in [-0.2, -0.15) is 5.10 Å². The molecule has 2 heterocycles. The molecule has 3 aromatic carbocycles. The Morgan fingerprint density at radius 1 is 1.00 bits per heavy atom. The van der Waals surface area contributed by atoms with Crippen molar-refractivity contribution in [3.63, 3.8) is 0 Å². The second kappa shape index (κ2) is 7.93. The van der Waals surface area contributed by atoms with Gasteiger partial charge in [0.05, 0.1) is 31.5 Å². The van der Waals surface area contributed by atoms with Gasteiger partial charge in [0.1, 0.15) is 5.75 Å². The topological polar surface area (TPSA) is 43.3 Å². The zero-order chi connectivity index (χ0) is 21.5. The summed E-state index contributed by atoms with van der Waals surface area (Å²) in [5.74, 6) is 2.19. The number of ether oxygens (including phenoxy) is 3. The van der Waals surface area contributed by atoms with E-state index in [1.54, 1.807) is 14.2 Å². The number of aryl methyl sites for hydroxylation is 1. The smallest absolute Gasteiger partial charge is 0.217 e. The average molecular weight is 479 g/mol. The van der Waals surface area contributed by atoms with Gasteiger partial charge >= 0.3 is 0 Å². The summed E-state index contributed by atoms with van der Waals surface area (Å²) in [4.78, 5) is 0. The minimum atomic E-state index is -0.424. The fraction of sp³-hybridized carbons (Fsp3) is 0.240. The van der Waals surface area contributed by atoms with Gasteiger partial charge in [0.15, 0.2) is 11.5 Å². The van der Waals surface area contributed by atoms with Gasteiger partial charge in [0.2, 0.25) is 6.23 Å². The first-order valence-corrected chi connectivity index (χ1v) is 11.0. The quantitative estimate of drug-likeness (QED) is 0.459. The number of halogens is 1. The minimum absolute atomic E-state index is 0.0680. The molecule has 5 nitrogen and oxygen atoms in total. The Bertz CT molecular complexity index is 1160. The number of hydrazone groups is 1. The molecule has 0 fully saturated rings. The third kappa shape index (κ3) is 3.45. The maximum Gasteiger partial charge on any atom is 0.217 e. The predicted molar refractivity (Wildman–Crippen MR) is 124 cm³/mol. The molecule has 3 aromatic rings. The van der Waals surface area contributed by atoms with Crippen LogP contribution in [0.1, 0.15) is 40.9 Å². The molecular formula is C25H23BrN2O3. The second-order valence-corrected chi connectivity index (χ2v) is 8.66. The second-order valence-electron chi connectivity index (χ2n) is 7.75. The summed E-state index contributed by atoms with van der Waals surface area (Å²) >= 11 is 3.61. The van der Waals surface area contributed by atoms with E-state index < -0.39 is 6.23 Å². The van der Waals surface area contributed by atoms with E-state index in [-0.39, 0.29) is 6.04 Å². The number of nitrogens with zero attached hydrogens (tertiary/aromatic N) is 2. The number of methoxy groups -OCH3 is 2. The van der Waals surface area contributed by atoms with Crippen LogP contribution in [0.2, 0.25) is 0 Å². The van der Waals surface area contributed by atoms with Crippen molar-refractivity contribution < 1.29 is 14.2 Å². The third-order valence-electron chi connectivity index (χ3n) is 5.84. The summed E-state index contributed by atoms with van der Waals surface area (Å²) in [6, 6.07) is 20.6. The van der Waals surface area contributed by atoms with Crippen LogP contribution < -0.4 is 14.2 Å². The molecule has 2 aliphatic rings. The van der Waals surface area contributed by atoms with E-state index >= 15 is 0 Å². The van der Waals surface area contributed by atoms with Crippen molar-refractivity contribution in [1.82, 2.24) is 5.01 Å². The SMILES string of the molecule is COc1cccc(C2Oc3ccc(Br)cc3C3CC(c4ccc(C)cc4)=NN32)c1OC. The summed E-state index contributed by atoms with van der Waals surface area (Å²) in [5, 5.41) is 7.10. The van der Waals surface area contributed by atoms with Gasteiger partial charge in [-0.05, 0) is 42.8 Å². The van der Waals surface area contributed by atoms with Crippen molar-refractivity contribution in [2.45, 2.75) is 25.6 Å². The standard InChI is InChI=1S/C25H23BrN2O3/c1-15-7-9-16(10-8-15)20-14-21-19-13-17(26)11-12-22(19)31-25(28(21)27-20)18-5-4-6-23(29-2)24(18)30-3/h4-13,21,25H,14H2,1-3H3. The lowest BCUT2D eigenvalue weighted by molar-refractivity contribution is -0.0205. The van der Waals surface area contributed by atoms with Crippen LogP contribution in [-0.2, 0) is 0 Å². The highest BCUT2D eigenvalue weighted by Crippen LogP contribution is 2.50. The highest BCUT2D eigenvalue weighted by atomic mass is 79.9. The Kier molecular flexibility index (Phi) is 5.10. The Labute approximate surface area is 190 Å².